The van der Waals surface area contributed by atoms with Crippen molar-refractivity contribution in [3.8, 4) is 23.2 Å². The second kappa shape index (κ2) is 14.3. The summed E-state index contributed by atoms with van der Waals surface area (Å²) in [4.78, 5) is 24.3. The fourth-order valence-corrected chi connectivity index (χ4v) is 5.55. The number of aromatic nitrogens is 4. The van der Waals surface area contributed by atoms with Crippen LogP contribution in [-0.2, 0) is 30.6 Å². The Bertz CT molecular complexity index is 1630. The maximum Gasteiger partial charge on any atom is 0.362 e. The Balaban J connectivity index is 1.27. The Labute approximate surface area is 256 Å². The van der Waals surface area contributed by atoms with Gasteiger partial charge >= 0.3 is 15.3 Å². The predicted molar refractivity (Wildman–Crippen MR) is 156 cm³/mol. The number of carbonyl (C=O) groups excluding carboxylic acids is 1. The molecule has 0 saturated carbocycles. The van der Waals surface area contributed by atoms with Crippen molar-refractivity contribution in [2.24, 2.45) is 11.7 Å². The molecule has 6 atom stereocenters. The van der Waals surface area contributed by atoms with E-state index < -0.39 is 58.2 Å². The van der Waals surface area contributed by atoms with Gasteiger partial charge in [0.2, 0.25) is 5.82 Å². The first-order chi connectivity index (χ1) is 20.9. The standard InChI is InChI=1S/C26H31N7O9S2/c1-3-15(2)22(27)26(36)30-44(39,40)41-14-20-24(35)23(34)19(42-20)12-13-32-29-25(28-31-32)17-7-4-16(5-8-17)6-9-18-10-11-21(43-18)33(37)38/h4-5,7-8,10-11,15,19-20,22-24,34-35H,3,12-14,27H2,1-2H3,(H,30,36)/t15-,19-,20+,22+,23-,24+/m0/s1. The smallest absolute Gasteiger partial charge is 0.362 e. The number of hydrogen-bond acceptors (Lipinski definition) is 14. The van der Waals surface area contributed by atoms with E-state index in [2.05, 4.69) is 27.3 Å². The number of aliphatic hydroxyl groups is 2. The zero-order valence-electron chi connectivity index (χ0n) is 23.6. The lowest BCUT2D eigenvalue weighted by Crippen LogP contribution is -2.47. The molecule has 1 saturated heterocycles. The number of benzene rings is 1. The summed E-state index contributed by atoms with van der Waals surface area (Å²) in [6.45, 7) is 3.04. The van der Waals surface area contributed by atoms with E-state index in [1.165, 1.54) is 10.9 Å². The summed E-state index contributed by atoms with van der Waals surface area (Å²) in [7, 11) is -4.53. The van der Waals surface area contributed by atoms with Crippen molar-refractivity contribution in [1.82, 2.24) is 24.9 Å². The van der Waals surface area contributed by atoms with Gasteiger partial charge in [0, 0.05) is 17.2 Å². The zero-order chi connectivity index (χ0) is 32.0. The highest BCUT2D eigenvalue weighted by atomic mass is 32.2. The minimum Gasteiger partial charge on any atom is -0.388 e. The van der Waals surface area contributed by atoms with Crippen molar-refractivity contribution in [3.63, 3.8) is 0 Å². The Kier molecular flexibility index (Phi) is 10.7. The molecule has 0 unspecified atom stereocenters. The van der Waals surface area contributed by atoms with Crippen LogP contribution in [-0.4, -0.2) is 86.7 Å². The maximum absolute atomic E-state index is 12.2. The highest BCUT2D eigenvalue weighted by Crippen LogP contribution is 2.25. The second-order valence-corrected chi connectivity index (χ2v) is 12.4. The van der Waals surface area contributed by atoms with Crippen LogP contribution in [0.15, 0.2) is 36.4 Å². The van der Waals surface area contributed by atoms with Crippen LogP contribution in [0.5, 0.6) is 0 Å². The van der Waals surface area contributed by atoms with Crippen LogP contribution in [0, 0.1) is 27.9 Å². The number of tetrazole rings is 1. The Morgan fingerprint density at radius 2 is 1.93 bits per heavy atom. The summed E-state index contributed by atoms with van der Waals surface area (Å²) >= 11 is 0.994. The molecule has 5 N–H and O–H groups in total. The maximum atomic E-state index is 12.2. The monoisotopic (exact) mass is 649 g/mol. The van der Waals surface area contributed by atoms with Crippen LogP contribution in [0.4, 0.5) is 5.00 Å². The molecule has 1 amide bonds. The number of nitrogens with one attached hydrogen (secondary N) is 1. The van der Waals surface area contributed by atoms with E-state index in [0.29, 0.717) is 28.2 Å². The van der Waals surface area contributed by atoms with Crippen LogP contribution in [0.3, 0.4) is 0 Å². The molecule has 44 heavy (non-hydrogen) atoms. The van der Waals surface area contributed by atoms with Crippen LogP contribution >= 0.6 is 11.3 Å². The van der Waals surface area contributed by atoms with Crippen molar-refractivity contribution >= 4 is 32.5 Å². The number of nitrogens with two attached hydrogens (primary N) is 1. The molecule has 0 spiro atoms. The fraction of sp³-hybridized carbons (Fsp3) is 0.462. The summed E-state index contributed by atoms with van der Waals surface area (Å²) < 4.78 is 36.5. The lowest BCUT2D eigenvalue weighted by atomic mass is 10.00. The molecule has 1 aromatic carbocycles. The number of aliphatic hydroxyl groups excluding tert-OH is 2. The van der Waals surface area contributed by atoms with Gasteiger partial charge in [0.15, 0.2) is 0 Å². The number of aryl methyl sites for hydroxylation is 1. The van der Waals surface area contributed by atoms with Crippen molar-refractivity contribution in [2.45, 2.75) is 63.7 Å². The van der Waals surface area contributed by atoms with Crippen molar-refractivity contribution < 1.29 is 37.3 Å². The molecule has 2 aromatic heterocycles. The van der Waals surface area contributed by atoms with Gasteiger partial charge in [-0.25, -0.2) is 4.72 Å². The molecule has 0 bridgehead atoms. The molecule has 1 aliphatic rings. The molecule has 236 valence electrons. The summed E-state index contributed by atoms with van der Waals surface area (Å²) in [5.41, 5.74) is 7.10. The first kappa shape index (κ1) is 33.1. The van der Waals surface area contributed by atoms with Crippen LogP contribution in [0.25, 0.3) is 11.4 Å². The van der Waals surface area contributed by atoms with Gasteiger partial charge in [-0.05, 0) is 47.9 Å². The number of carbonyl (C=O) groups is 1. The van der Waals surface area contributed by atoms with Gasteiger partial charge in [-0.2, -0.15) is 13.2 Å². The van der Waals surface area contributed by atoms with E-state index in [4.69, 9.17) is 14.7 Å². The number of amides is 1. The highest BCUT2D eigenvalue weighted by Gasteiger charge is 2.43. The van der Waals surface area contributed by atoms with Crippen LogP contribution < -0.4 is 10.5 Å². The molecule has 16 nitrogen and oxygen atoms in total. The predicted octanol–water partition coefficient (Wildman–Crippen LogP) is 0.340. The zero-order valence-corrected chi connectivity index (χ0v) is 25.3. The molecule has 18 heteroatoms. The van der Waals surface area contributed by atoms with Crippen LogP contribution in [0.2, 0.25) is 0 Å². The molecule has 3 aromatic rings. The van der Waals surface area contributed by atoms with Crippen molar-refractivity contribution in [2.75, 3.05) is 6.61 Å². The Morgan fingerprint density at radius 3 is 2.59 bits per heavy atom. The average molecular weight is 650 g/mol. The number of rotatable bonds is 12. The molecule has 1 fully saturated rings. The molecule has 1 aliphatic heterocycles. The lowest BCUT2D eigenvalue weighted by Gasteiger charge is -2.18. The number of nitrogens with zero attached hydrogens (tertiary/aromatic N) is 5. The number of nitro groups is 1. The van der Waals surface area contributed by atoms with Gasteiger partial charge in [-0.1, -0.05) is 43.4 Å². The first-order valence-electron chi connectivity index (χ1n) is 13.5. The van der Waals surface area contributed by atoms with Gasteiger partial charge in [0.25, 0.3) is 5.91 Å². The fourth-order valence-electron chi connectivity index (χ4n) is 4.12. The second-order valence-electron chi connectivity index (χ2n) is 10.0. The topological polar surface area (TPSA) is 235 Å². The minimum absolute atomic E-state index is 0.0220. The quantitative estimate of drug-likeness (QED) is 0.118. The van der Waals surface area contributed by atoms with E-state index in [9.17, 15) is 33.5 Å². The van der Waals surface area contributed by atoms with Gasteiger partial charge in [-0.15, -0.1) is 10.2 Å². The van der Waals surface area contributed by atoms with Gasteiger partial charge in [-0.3, -0.25) is 19.1 Å². The van der Waals surface area contributed by atoms with Gasteiger partial charge < -0.3 is 20.7 Å². The third kappa shape index (κ3) is 8.41. The third-order valence-electron chi connectivity index (χ3n) is 6.95. The molecular weight excluding hydrogens is 618 g/mol. The summed E-state index contributed by atoms with van der Waals surface area (Å²) in [6, 6.07) is 8.96. The molecular formula is C26H31N7O9S2. The number of thiophene rings is 1. The first-order valence-corrected chi connectivity index (χ1v) is 15.7. The molecule has 3 heterocycles. The largest absolute Gasteiger partial charge is 0.388 e. The van der Waals surface area contributed by atoms with E-state index in [0.717, 1.165) is 11.3 Å². The highest BCUT2D eigenvalue weighted by molar-refractivity contribution is 7.85. The van der Waals surface area contributed by atoms with Crippen LogP contribution in [0.1, 0.15) is 37.1 Å². The summed E-state index contributed by atoms with van der Waals surface area (Å²) in [6.07, 6.45) is -4.11. The van der Waals surface area contributed by atoms with Crippen molar-refractivity contribution in [1.29, 1.82) is 0 Å². The molecule has 0 aliphatic carbocycles. The Hall–Kier alpha value is -3.83. The van der Waals surface area contributed by atoms with Gasteiger partial charge in [0.05, 0.1) is 35.1 Å². The average Bonchev–Trinajstić information content (AvgIpc) is 3.74. The third-order valence-corrected chi connectivity index (χ3v) is 8.80. The number of hydrogen-bond donors (Lipinski definition) is 4. The van der Waals surface area contributed by atoms with E-state index in [1.807, 2.05) is 6.92 Å². The van der Waals surface area contributed by atoms with E-state index in [1.54, 1.807) is 42.0 Å². The molecule has 4 rings (SSSR count). The van der Waals surface area contributed by atoms with Crippen molar-refractivity contribution in [3.05, 3.63) is 57.0 Å². The SMILES string of the molecule is CC[C@H](C)[C@@H](N)C(=O)NS(=O)(=O)OC[C@H]1O[C@@H](CCn2nnc(-c3ccc(C#Cc4ccc([N+](=O)[O-])s4)cc3)n2)[C@H](O)[C@@H]1O. The summed E-state index contributed by atoms with van der Waals surface area (Å²) in [5.74, 6) is 5.00. The Morgan fingerprint density at radius 1 is 1.23 bits per heavy atom. The molecule has 0 radical (unpaired) electrons. The normalized spacial score (nSPS) is 21.3. The van der Waals surface area contributed by atoms with E-state index in [-0.39, 0.29) is 23.9 Å². The van der Waals surface area contributed by atoms with Gasteiger partial charge in [0.1, 0.15) is 18.3 Å². The minimum atomic E-state index is -4.53. The summed E-state index contributed by atoms with van der Waals surface area (Å²) in [5, 5.41) is 44.0. The number of ether oxygens (including phenoxy) is 1. The van der Waals surface area contributed by atoms with E-state index >= 15 is 0 Å². The lowest BCUT2D eigenvalue weighted by molar-refractivity contribution is -0.380.